The maximum absolute atomic E-state index is 6.21. The molecule has 5 heteroatoms. The van der Waals surface area contributed by atoms with E-state index >= 15 is 0 Å². The van der Waals surface area contributed by atoms with Gasteiger partial charge in [-0.25, -0.2) is 0 Å². The van der Waals surface area contributed by atoms with Crippen LogP contribution in [-0.2, 0) is 7.05 Å². The molecule has 2 rings (SSSR count). The second-order valence-corrected chi connectivity index (χ2v) is 5.86. The number of methoxy groups -OCH3 is 1. The van der Waals surface area contributed by atoms with Gasteiger partial charge in [0.2, 0.25) is 0 Å². The van der Waals surface area contributed by atoms with E-state index in [-0.39, 0.29) is 0 Å². The summed E-state index contributed by atoms with van der Waals surface area (Å²) >= 11 is 3.67. The zero-order chi connectivity index (χ0) is 15.2. The predicted octanol–water partition coefficient (Wildman–Crippen LogP) is 3.67. The number of nitrogens with zero attached hydrogens (tertiary/aromatic N) is 2. The van der Waals surface area contributed by atoms with Crippen LogP contribution in [0, 0.1) is 27.7 Å². The molecular weight excluding hydrogens is 318 g/mol. The van der Waals surface area contributed by atoms with E-state index in [0.29, 0.717) is 5.69 Å². The van der Waals surface area contributed by atoms with Crippen molar-refractivity contribution in [1.82, 2.24) is 9.78 Å². The number of halogens is 1. The van der Waals surface area contributed by atoms with Gasteiger partial charge in [-0.15, -0.1) is 0 Å². The lowest BCUT2D eigenvalue weighted by molar-refractivity contribution is 0.412. The van der Waals surface area contributed by atoms with Crippen LogP contribution in [0.2, 0.25) is 0 Å². The first-order valence-corrected chi connectivity index (χ1v) is 7.23. The fourth-order valence-corrected chi connectivity index (χ4v) is 3.09. The lowest BCUT2D eigenvalue weighted by Gasteiger charge is -2.19. The molecule has 108 valence electrons. The lowest BCUT2D eigenvalue weighted by Crippen LogP contribution is -2.03. The Morgan fingerprint density at radius 1 is 1.10 bits per heavy atom. The quantitative estimate of drug-likeness (QED) is 0.909. The van der Waals surface area contributed by atoms with Gasteiger partial charge in [0.05, 0.1) is 24.2 Å². The van der Waals surface area contributed by atoms with Gasteiger partial charge in [-0.05, 0) is 44.4 Å². The topological polar surface area (TPSA) is 53.1 Å². The van der Waals surface area contributed by atoms with Crippen molar-refractivity contribution >= 4 is 21.6 Å². The second kappa shape index (κ2) is 5.13. The fraction of sp³-hybridized carbons (Fsp3) is 0.400. The van der Waals surface area contributed by atoms with Gasteiger partial charge in [0, 0.05) is 17.1 Å². The SMILES string of the molecule is COc1c(C)c(C)c(Br)c(C)c1-c1c(N)c(C)nn1C. The molecule has 0 radical (unpaired) electrons. The molecule has 0 aliphatic heterocycles. The van der Waals surface area contributed by atoms with Gasteiger partial charge in [-0.2, -0.15) is 5.10 Å². The number of aryl methyl sites for hydroxylation is 2. The van der Waals surface area contributed by atoms with Crippen LogP contribution in [0.15, 0.2) is 4.47 Å². The summed E-state index contributed by atoms with van der Waals surface area (Å²) in [5, 5.41) is 4.41. The van der Waals surface area contributed by atoms with Crippen molar-refractivity contribution in [3.63, 3.8) is 0 Å². The minimum absolute atomic E-state index is 0.698. The highest BCUT2D eigenvalue weighted by Crippen LogP contribution is 2.44. The molecule has 0 fully saturated rings. The Labute approximate surface area is 128 Å². The van der Waals surface area contributed by atoms with E-state index < -0.39 is 0 Å². The average molecular weight is 338 g/mol. The highest BCUT2D eigenvalue weighted by atomic mass is 79.9. The van der Waals surface area contributed by atoms with E-state index in [4.69, 9.17) is 10.5 Å². The summed E-state index contributed by atoms with van der Waals surface area (Å²) in [6, 6.07) is 0. The zero-order valence-corrected chi connectivity index (χ0v) is 14.3. The molecule has 0 amide bonds. The largest absolute Gasteiger partial charge is 0.496 e. The molecule has 0 aliphatic rings. The van der Waals surface area contributed by atoms with Gasteiger partial charge in [0.1, 0.15) is 5.75 Å². The highest BCUT2D eigenvalue weighted by molar-refractivity contribution is 9.10. The van der Waals surface area contributed by atoms with Crippen LogP contribution in [-0.4, -0.2) is 16.9 Å². The van der Waals surface area contributed by atoms with E-state index in [0.717, 1.165) is 38.3 Å². The summed E-state index contributed by atoms with van der Waals surface area (Å²) in [5.41, 5.74) is 13.0. The highest BCUT2D eigenvalue weighted by Gasteiger charge is 2.23. The normalized spacial score (nSPS) is 10.9. The van der Waals surface area contributed by atoms with Crippen molar-refractivity contribution in [3.8, 4) is 17.0 Å². The molecule has 0 bridgehead atoms. The molecular formula is C15H20BrN3O. The first-order chi connectivity index (χ1) is 9.31. The van der Waals surface area contributed by atoms with Crippen LogP contribution in [0.1, 0.15) is 22.4 Å². The minimum atomic E-state index is 0.698. The number of anilines is 1. The monoisotopic (exact) mass is 337 g/mol. The number of nitrogens with two attached hydrogens (primary N) is 1. The van der Waals surface area contributed by atoms with Crippen LogP contribution in [0.25, 0.3) is 11.3 Å². The Bertz CT molecular complexity index is 689. The number of aromatic nitrogens is 2. The molecule has 1 heterocycles. The zero-order valence-electron chi connectivity index (χ0n) is 12.8. The summed E-state index contributed by atoms with van der Waals surface area (Å²) in [7, 11) is 3.60. The number of hydrogen-bond donors (Lipinski definition) is 1. The van der Waals surface area contributed by atoms with Gasteiger partial charge in [-0.1, -0.05) is 15.9 Å². The summed E-state index contributed by atoms with van der Waals surface area (Å²) in [6.45, 7) is 8.12. The van der Waals surface area contributed by atoms with Crippen LogP contribution in [0.4, 0.5) is 5.69 Å². The van der Waals surface area contributed by atoms with Gasteiger partial charge in [0.25, 0.3) is 0 Å². The molecule has 0 aliphatic carbocycles. The maximum Gasteiger partial charge on any atom is 0.131 e. The van der Waals surface area contributed by atoms with E-state index in [9.17, 15) is 0 Å². The van der Waals surface area contributed by atoms with Crippen molar-refractivity contribution in [2.45, 2.75) is 27.7 Å². The number of benzene rings is 1. The fourth-order valence-electron chi connectivity index (χ4n) is 2.60. The molecule has 0 unspecified atom stereocenters. The van der Waals surface area contributed by atoms with Crippen LogP contribution < -0.4 is 10.5 Å². The van der Waals surface area contributed by atoms with Crippen LogP contribution >= 0.6 is 15.9 Å². The van der Waals surface area contributed by atoms with E-state index in [1.54, 1.807) is 7.11 Å². The molecule has 0 saturated heterocycles. The average Bonchev–Trinajstić information content (AvgIpc) is 2.65. The first-order valence-electron chi connectivity index (χ1n) is 6.43. The Balaban J connectivity index is 2.93. The molecule has 0 spiro atoms. The maximum atomic E-state index is 6.21. The van der Waals surface area contributed by atoms with Gasteiger partial charge >= 0.3 is 0 Å². The standard InChI is InChI=1S/C15H20BrN3O/c1-7-8(2)15(20-6)11(9(3)12(7)16)14-13(17)10(4)18-19(14)5/h17H2,1-6H3. The summed E-state index contributed by atoms with van der Waals surface area (Å²) < 4.78 is 8.55. The molecule has 1 aromatic carbocycles. The lowest BCUT2D eigenvalue weighted by atomic mass is 9.96. The molecule has 1 aromatic heterocycles. The minimum Gasteiger partial charge on any atom is -0.496 e. The molecule has 0 saturated carbocycles. The van der Waals surface area contributed by atoms with Crippen LogP contribution in [0.5, 0.6) is 5.75 Å². The Hall–Kier alpha value is -1.49. The molecule has 4 nitrogen and oxygen atoms in total. The molecule has 20 heavy (non-hydrogen) atoms. The summed E-state index contributed by atoms with van der Waals surface area (Å²) in [4.78, 5) is 0. The van der Waals surface area contributed by atoms with E-state index in [1.807, 2.05) is 18.7 Å². The Morgan fingerprint density at radius 2 is 1.70 bits per heavy atom. The van der Waals surface area contributed by atoms with Crippen LogP contribution in [0.3, 0.4) is 0 Å². The van der Waals surface area contributed by atoms with Crippen molar-refractivity contribution < 1.29 is 4.74 Å². The van der Waals surface area contributed by atoms with Gasteiger partial charge in [-0.3, -0.25) is 4.68 Å². The Morgan fingerprint density at radius 3 is 2.15 bits per heavy atom. The van der Waals surface area contributed by atoms with E-state index in [1.165, 1.54) is 5.56 Å². The number of ether oxygens (including phenoxy) is 1. The molecule has 0 atom stereocenters. The third-order valence-electron chi connectivity index (χ3n) is 3.87. The third kappa shape index (κ3) is 2.00. The third-order valence-corrected chi connectivity index (χ3v) is 5.06. The predicted molar refractivity (Wildman–Crippen MR) is 86.3 cm³/mol. The first kappa shape index (κ1) is 14.9. The van der Waals surface area contributed by atoms with Crippen molar-refractivity contribution in [2.24, 2.45) is 7.05 Å². The smallest absolute Gasteiger partial charge is 0.131 e. The van der Waals surface area contributed by atoms with Crippen molar-refractivity contribution in [2.75, 3.05) is 12.8 Å². The van der Waals surface area contributed by atoms with Crippen molar-refractivity contribution in [1.29, 1.82) is 0 Å². The molecule has 2 N–H and O–H groups in total. The number of nitrogen functional groups attached to an aromatic ring is 1. The number of hydrogen-bond acceptors (Lipinski definition) is 3. The summed E-state index contributed by atoms with van der Waals surface area (Å²) in [6.07, 6.45) is 0. The van der Waals surface area contributed by atoms with Crippen molar-refractivity contribution in [3.05, 3.63) is 26.9 Å². The number of rotatable bonds is 2. The Kier molecular flexibility index (Phi) is 3.82. The second-order valence-electron chi connectivity index (χ2n) is 5.07. The molecule has 2 aromatic rings. The van der Waals surface area contributed by atoms with Gasteiger partial charge in [0.15, 0.2) is 0 Å². The van der Waals surface area contributed by atoms with Gasteiger partial charge < -0.3 is 10.5 Å². The summed E-state index contributed by atoms with van der Waals surface area (Å²) in [5.74, 6) is 0.859. The van der Waals surface area contributed by atoms with E-state index in [2.05, 4.69) is 41.8 Å².